The van der Waals surface area contributed by atoms with E-state index in [4.69, 9.17) is 0 Å². The van der Waals surface area contributed by atoms with Gasteiger partial charge in [0.25, 0.3) is 0 Å². The summed E-state index contributed by atoms with van der Waals surface area (Å²) in [4.78, 5) is 2.62. The largest absolute Gasteiger partial charge is 0.299 e. The average molecular weight is 592 g/mol. The van der Waals surface area contributed by atoms with Crippen LogP contribution in [0.2, 0.25) is 0 Å². The summed E-state index contributed by atoms with van der Waals surface area (Å²) >= 11 is 0. The molecule has 1 aromatic carbocycles. The fourth-order valence-corrected chi connectivity index (χ4v) is 17.9. The maximum atomic E-state index is 2.70. The summed E-state index contributed by atoms with van der Waals surface area (Å²) in [7, 11) is 4.67. The van der Waals surface area contributed by atoms with Crippen molar-refractivity contribution in [3.8, 4) is 0 Å². The number of benzene rings is 1. The number of hydrogen-bond acceptors (Lipinski definition) is 1. The van der Waals surface area contributed by atoms with Crippen molar-refractivity contribution in [1.29, 1.82) is 0 Å². The monoisotopic (exact) mass is 591 g/mol. The van der Waals surface area contributed by atoms with E-state index >= 15 is 0 Å². The lowest BCUT2D eigenvalue weighted by Gasteiger charge is -2.45. The van der Waals surface area contributed by atoms with Crippen LogP contribution >= 0.6 is 15.8 Å². The Kier molecular flexibility index (Phi) is 11.2. The van der Waals surface area contributed by atoms with Gasteiger partial charge in [0.2, 0.25) is 0 Å². The van der Waals surface area contributed by atoms with Crippen molar-refractivity contribution in [1.82, 2.24) is 4.90 Å². The molecule has 5 aliphatic carbocycles. The summed E-state index contributed by atoms with van der Waals surface area (Å²) in [5, 5.41) is 1.81. The second-order valence-electron chi connectivity index (χ2n) is 14.4. The van der Waals surface area contributed by atoms with Crippen molar-refractivity contribution in [2.24, 2.45) is 0 Å². The highest BCUT2D eigenvalue weighted by Gasteiger charge is 2.41. The minimum atomic E-state index is -0.107. The molecule has 0 bridgehead atoms. The molecule has 1 aromatic rings. The Balaban J connectivity index is 1.36. The Hall–Kier alpha value is -0.480. The van der Waals surface area contributed by atoms with Gasteiger partial charge in [-0.05, 0) is 105 Å². The molecular formula is C38H59NP2. The molecule has 2 unspecified atom stereocenters. The van der Waals surface area contributed by atoms with Gasteiger partial charge in [0, 0.05) is 5.66 Å². The molecule has 0 heterocycles. The molecule has 0 N–H and O–H groups in total. The highest BCUT2D eigenvalue weighted by Crippen LogP contribution is 2.63. The molecule has 226 valence electrons. The summed E-state index contributed by atoms with van der Waals surface area (Å²) < 4.78 is 0. The van der Waals surface area contributed by atoms with E-state index in [0.717, 1.165) is 22.6 Å². The molecule has 0 aliphatic heterocycles. The number of rotatable bonds is 9. The quantitative estimate of drug-likeness (QED) is 0.258. The Morgan fingerprint density at radius 2 is 1.07 bits per heavy atom. The van der Waals surface area contributed by atoms with Gasteiger partial charge in [-0.25, -0.2) is 0 Å². The van der Waals surface area contributed by atoms with Crippen LogP contribution in [0.3, 0.4) is 0 Å². The average Bonchev–Trinajstić information content (AvgIpc) is 3.49. The molecule has 0 spiro atoms. The zero-order valence-corrected chi connectivity index (χ0v) is 28.3. The van der Waals surface area contributed by atoms with Crippen LogP contribution in [-0.2, 0) is 0 Å². The smallest absolute Gasteiger partial charge is 0.0574 e. The zero-order chi connectivity index (χ0) is 28.0. The zero-order valence-electron chi connectivity index (χ0n) is 26.5. The van der Waals surface area contributed by atoms with Crippen molar-refractivity contribution in [2.45, 2.75) is 163 Å². The van der Waals surface area contributed by atoms with Crippen LogP contribution in [0.5, 0.6) is 0 Å². The SMILES string of the molecule is CN(C)C(C1=CC=CC1P(C1CCCCC1)C1CCCCC1)c1ccccc1P(C1CCCCC1)C1CCCCC1. The van der Waals surface area contributed by atoms with Gasteiger partial charge in [0.15, 0.2) is 0 Å². The summed E-state index contributed by atoms with van der Waals surface area (Å²) in [6.07, 6.45) is 37.5. The molecule has 5 aliphatic rings. The van der Waals surface area contributed by atoms with Gasteiger partial charge in [-0.1, -0.05) is 135 Å². The van der Waals surface area contributed by atoms with Crippen molar-refractivity contribution >= 4 is 21.1 Å². The summed E-state index contributed by atoms with van der Waals surface area (Å²) in [6, 6.07) is 10.4. The molecule has 0 saturated heterocycles. The van der Waals surface area contributed by atoms with E-state index in [1.165, 1.54) is 128 Å². The summed E-state index contributed by atoms with van der Waals surface area (Å²) in [5.74, 6) is 0. The molecule has 41 heavy (non-hydrogen) atoms. The van der Waals surface area contributed by atoms with Crippen LogP contribution in [0, 0.1) is 0 Å². The van der Waals surface area contributed by atoms with E-state index in [-0.39, 0.29) is 15.8 Å². The summed E-state index contributed by atoms with van der Waals surface area (Å²) in [5.41, 5.74) is 8.08. The van der Waals surface area contributed by atoms with E-state index in [9.17, 15) is 0 Å². The predicted octanol–water partition coefficient (Wildman–Crippen LogP) is 11.1. The minimum Gasteiger partial charge on any atom is -0.299 e. The van der Waals surface area contributed by atoms with E-state index in [1.54, 1.807) is 11.1 Å². The predicted molar refractivity (Wildman–Crippen MR) is 185 cm³/mol. The van der Waals surface area contributed by atoms with Gasteiger partial charge in [-0.3, -0.25) is 4.90 Å². The van der Waals surface area contributed by atoms with Crippen LogP contribution < -0.4 is 5.30 Å². The fourth-order valence-electron chi connectivity index (χ4n) is 9.64. The number of likely N-dealkylation sites (N-methyl/N-ethyl adjacent to an activating group) is 1. The van der Waals surface area contributed by atoms with Gasteiger partial charge < -0.3 is 0 Å². The lowest BCUT2D eigenvalue weighted by molar-refractivity contribution is 0.336. The fraction of sp³-hybridized carbons (Fsp3) is 0.737. The lowest BCUT2D eigenvalue weighted by atomic mass is 9.96. The third kappa shape index (κ3) is 7.10. The second kappa shape index (κ2) is 15.0. The van der Waals surface area contributed by atoms with Gasteiger partial charge in [0.1, 0.15) is 0 Å². The molecule has 0 aromatic heterocycles. The molecule has 0 amide bonds. The van der Waals surface area contributed by atoms with Gasteiger partial charge in [-0.15, -0.1) is 0 Å². The number of nitrogens with zero attached hydrogens (tertiary/aromatic N) is 1. The molecule has 3 heteroatoms. The molecule has 1 nitrogen and oxygen atoms in total. The number of allylic oxidation sites excluding steroid dienone is 3. The van der Waals surface area contributed by atoms with Crippen LogP contribution in [0.15, 0.2) is 48.1 Å². The minimum absolute atomic E-state index is 0.0107. The topological polar surface area (TPSA) is 3.24 Å². The van der Waals surface area contributed by atoms with Crippen molar-refractivity contribution in [2.75, 3.05) is 14.1 Å². The van der Waals surface area contributed by atoms with Crippen LogP contribution in [0.25, 0.3) is 0 Å². The Morgan fingerprint density at radius 1 is 0.610 bits per heavy atom. The molecular weight excluding hydrogens is 532 g/mol. The van der Waals surface area contributed by atoms with Crippen LogP contribution in [0.4, 0.5) is 0 Å². The van der Waals surface area contributed by atoms with Crippen molar-refractivity contribution in [3.05, 3.63) is 53.6 Å². The van der Waals surface area contributed by atoms with Gasteiger partial charge in [0.05, 0.1) is 6.04 Å². The normalized spacial score (nSPS) is 26.8. The van der Waals surface area contributed by atoms with Gasteiger partial charge in [-0.2, -0.15) is 0 Å². The standard InChI is InChI=1S/C38H59NP2/c1-39(2)38(35-27-17-29-37(35)41(32-22-11-5-12-23-32)33-24-13-6-14-25-33)34-26-15-16-28-36(34)40(30-18-7-3-8-19-30)31-20-9-4-10-21-31/h15-17,26-33,37-38H,3-14,18-25H2,1-2H3. The lowest BCUT2D eigenvalue weighted by Crippen LogP contribution is -2.34. The Labute approximate surface area is 255 Å². The third-order valence-corrected chi connectivity index (χ3v) is 18.9. The van der Waals surface area contributed by atoms with Crippen molar-refractivity contribution in [3.63, 3.8) is 0 Å². The highest BCUT2D eigenvalue weighted by molar-refractivity contribution is 7.67. The first-order valence-electron chi connectivity index (χ1n) is 17.9. The highest BCUT2D eigenvalue weighted by atomic mass is 31.1. The number of hydrogen-bond donors (Lipinski definition) is 0. The van der Waals surface area contributed by atoms with E-state index in [0.29, 0.717) is 11.7 Å². The maximum Gasteiger partial charge on any atom is 0.0574 e. The molecule has 6 rings (SSSR count). The van der Waals surface area contributed by atoms with Crippen molar-refractivity contribution < 1.29 is 0 Å². The summed E-state index contributed by atoms with van der Waals surface area (Å²) in [6.45, 7) is 0. The van der Waals surface area contributed by atoms with Crippen LogP contribution in [-0.4, -0.2) is 47.3 Å². The van der Waals surface area contributed by atoms with E-state index < -0.39 is 0 Å². The molecule has 2 atom stereocenters. The molecule has 4 fully saturated rings. The first-order chi connectivity index (χ1) is 20.2. The second-order valence-corrected chi connectivity index (χ2v) is 20.1. The third-order valence-electron chi connectivity index (χ3n) is 11.5. The van der Waals surface area contributed by atoms with E-state index in [1.807, 2.05) is 5.30 Å². The molecule has 4 saturated carbocycles. The van der Waals surface area contributed by atoms with Gasteiger partial charge >= 0.3 is 0 Å². The molecule has 0 radical (unpaired) electrons. The first kappa shape index (κ1) is 30.5. The Morgan fingerprint density at radius 3 is 1.56 bits per heavy atom. The maximum absolute atomic E-state index is 2.70. The Bertz CT molecular complexity index is 969. The first-order valence-corrected chi connectivity index (χ1v) is 20.9. The van der Waals surface area contributed by atoms with Crippen LogP contribution in [0.1, 0.15) is 140 Å². The van der Waals surface area contributed by atoms with E-state index in [2.05, 4.69) is 61.5 Å².